The summed E-state index contributed by atoms with van der Waals surface area (Å²) in [5.74, 6) is 0. The molecule has 0 aromatic heterocycles. The number of halogens is 1. The summed E-state index contributed by atoms with van der Waals surface area (Å²) in [6.45, 7) is 2.92. The molecule has 2 aliphatic rings. The topological polar surface area (TPSA) is 52.7 Å². The van der Waals surface area contributed by atoms with Gasteiger partial charge in [-0.05, 0) is 25.8 Å². The van der Waals surface area contributed by atoms with E-state index in [0.29, 0.717) is 13.1 Å². The Morgan fingerprint density at radius 1 is 1.05 bits per heavy atom. The van der Waals surface area contributed by atoms with Crippen LogP contribution in [0, 0.1) is 0 Å². The molecule has 1 N–H and O–H groups in total. The van der Waals surface area contributed by atoms with E-state index in [-0.39, 0.29) is 18.4 Å². The largest absolute Gasteiger partial charge is 0.315 e. The Morgan fingerprint density at radius 2 is 1.74 bits per heavy atom. The number of rotatable bonds is 3. The standard InChI is InChI=1S/C12H25N3O2S.ClH/c1-14(12-6-3-2-4-7-12)18(16,17)15-10-5-8-13-9-11-15;/h12-13H,2-11H2,1H3;1H. The van der Waals surface area contributed by atoms with E-state index in [1.807, 2.05) is 0 Å². The first kappa shape index (κ1) is 17.2. The van der Waals surface area contributed by atoms with Crippen LogP contribution in [-0.2, 0) is 10.2 Å². The quantitative estimate of drug-likeness (QED) is 0.852. The van der Waals surface area contributed by atoms with E-state index in [1.54, 1.807) is 15.7 Å². The molecule has 0 amide bonds. The lowest BCUT2D eigenvalue weighted by Crippen LogP contribution is -2.48. The van der Waals surface area contributed by atoms with Crippen LogP contribution in [0.3, 0.4) is 0 Å². The molecule has 2 fully saturated rings. The number of nitrogens with one attached hydrogen (secondary N) is 1. The van der Waals surface area contributed by atoms with Gasteiger partial charge in [-0.15, -0.1) is 12.4 Å². The van der Waals surface area contributed by atoms with Gasteiger partial charge in [0.2, 0.25) is 0 Å². The Morgan fingerprint density at radius 3 is 2.42 bits per heavy atom. The van der Waals surface area contributed by atoms with Crippen LogP contribution in [-0.4, -0.2) is 56.3 Å². The second-order valence-corrected chi connectivity index (χ2v) is 7.31. The highest BCUT2D eigenvalue weighted by atomic mass is 35.5. The van der Waals surface area contributed by atoms with Crippen molar-refractivity contribution in [2.75, 3.05) is 33.2 Å². The van der Waals surface area contributed by atoms with Gasteiger partial charge in [-0.2, -0.15) is 17.0 Å². The molecular weight excluding hydrogens is 286 g/mol. The molecule has 0 unspecified atom stereocenters. The average molecular weight is 312 g/mol. The molecule has 2 rings (SSSR count). The predicted octanol–water partition coefficient (Wildman–Crippen LogP) is 1.21. The van der Waals surface area contributed by atoms with Crippen LogP contribution in [0.4, 0.5) is 0 Å². The minimum atomic E-state index is -3.26. The lowest BCUT2D eigenvalue weighted by Gasteiger charge is -2.34. The van der Waals surface area contributed by atoms with Crippen LogP contribution < -0.4 is 5.32 Å². The fourth-order valence-corrected chi connectivity index (χ4v) is 4.50. The van der Waals surface area contributed by atoms with Crippen molar-refractivity contribution in [3.8, 4) is 0 Å². The summed E-state index contributed by atoms with van der Waals surface area (Å²) in [5, 5.41) is 3.24. The summed E-state index contributed by atoms with van der Waals surface area (Å²) >= 11 is 0. The summed E-state index contributed by atoms with van der Waals surface area (Å²) in [5.41, 5.74) is 0. The van der Waals surface area contributed by atoms with Crippen molar-refractivity contribution in [2.24, 2.45) is 0 Å². The fraction of sp³-hybridized carbons (Fsp3) is 1.00. The molecule has 0 radical (unpaired) electrons. The van der Waals surface area contributed by atoms with Gasteiger partial charge in [0.05, 0.1) is 0 Å². The van der Waals surface area contributed by atoms with Gasteiger partial charge in [0.25, 0.3) is 10.2 Å². The van der Waals surface area contributed by atoms with Crippen molar-refractivity contribution in [1.82, 2.24) is 13.9 Å². The Kier molecular flexibility index (Phi) is 7.04. The molecule has 1 heterocycles. The molecule has 1 saturated heterocycles. The zero-order valence-corrected chi connectivity index (χ0v) is 13.3. The van der Waals surface area contributed by atoms with Crippen molar-refractivity contribution in [2.45, 2.75) is 44.6 Å². The van der Waals surface area contributed by atoms with Gasteiger partial charge in [0, 0.05) is 32.7 Å². The minimum absolute atomic E-state index is 0. The third-order valence-electron chi connectivity index (χ3n) is 4.08. The lowest BCUT2D eigenvalue weighted by atomic mass is 9.96. The molecular formula is C12H26ClN3O2S. The highest BCUT2D eigenvalue weighted by Crippen LogP contribution is 2.24. The zero-order chi connectivity index (χ0) is 13.0. The van der Waals surface area contributed by atoms with Crippen LogP contribution in [0.25, 0.3) is 0 Å². The van der Waals surface area contributed by atoms with E-state index in [1.165, 1.54) is 6.42 Å². The average Bonchev–Trinajstić information content (AvgIpc) is 2.68. The van der Waals surface area contributed by atoms with Gasteiger partial charge in [0.1, 0.15) is 0 Å². The first-order valence-corrected chi connectivity index (χ1v) is 8.46. The fourth-order valence-electron chi connectivity index (χ4n) is 2.87. The van der Waals surface area contributed by atoms with Crippen LogP contribution in [0.15, 0.2) is 0 Å². The van der Waals surface area contributed by atoms with Gasteiger partial charge < -0.3 is 5.32 Å². The summed E-state index contributed by atoms with van der Waals surface area (Å²) in [4.78, 5) is 0. The molecule has 7 heteroatoms. The first-order valence-electron chi connectivity index (χ1n) is 7.06. The van der Waals surface area contributed by atoms with E-state index in [4.69, 9.17) is 0 Å². The summed E-state index contributed by atoms with van der Waals surface area (Å²) in [7, 11) is -1.50. The van der Waals surface area contributed by atoms with Crippen molar-refractivity contribution in [3.63, 3.8) is 0 Å². The van der Waals surface area contributed by atoms with Crippen LogP contribution >= 0.6 is 12.4 Å². The number of hydrogen-bond donors (Lipinski definition) is 1. The normalized spacial score (nSPS) is 23.9. The summed E-state index contributed by atoms with van der Waals surface area (Å²) < 4.78 is 28.4. The maximum absolute atomic E-state index is 12.6. The Hall–Kier alpha value is 0.120. The SMILES string of the molecule is CN(C1CCCCC1)S(=O)(=O)N1CCCNCC1.Cl. The van der Waals surface area contributed by atoms with E-state index in [0.717, 1.165) is 45.2 Å². The minimum Gasteiger partial charge on any atom is -0.315 e. The van der Waals surface area contributed by atoms with Gasteiger partial charge >= 0.3 is 0 Å². The maximum atomic E-state index is 12.6. The summed E-state index contributed by atoms with van der Waals surface area (Å²) in [6, 6.07) is 0.208. The molecule has 0 aromatic rings. The zero-order valence-electron chi connectivity index (χ0n) is 11.7. The Bertz CT molecular complexity index is 350. The summed E-state index contributed by atoms with van der Waals surface area (Å²) in [6.07, 6.45) is 6.50. The Balaban J connectivity index is 0.00000180. The highest BCUT2D eigenvalue weighted by molar-refractivity contribution is 7.86. The van der Waals surface area contributed by atoms with Gasteiger partial charge in [-0.3, -0.25) is 0 Å². The smallest absolute Gasteiger partial charge is 0.282 e. The molecule has 0 atom stereocenters. The molecule has 19 heavy (non-hydrogen) atoms. The third kappa shape index (κ3) is 4.29. The monoisotopic (exact) mass is 311 g/mol. The number of hydrogen-bond acceptors (Lipinski definition) is 3. The molecule has 114 valence electrons. The Labute approximate surface area is 123 Å². The first-order chi connectivity index (χ1) is 8.62. The second kappa shape index (κ2) is 7.78. The molecule has 0 bridgehead atoms. The molecule has 1 aliphatic heterocycles. The second-order valence-electron chi connectivity index (χ2n) is 5.32. The lowest BCUT2D eigenvalue weighted by molar-refractivity contribution is 0.264. The predicted molar refractivity (Wildman–Crippen MR) is 79.9 cm³/mol. The maximum Gasteiger partial charge on any atom is 0.282 e. The number of nitrogens with zero attached hydrogens (tertiary/aromatic N) is 2. The van der Waals surface area contributed by atoms with Gasteiger partial charge in [-0.1, -0.05) is 19.3 Å². The molecule has 1 aliphatic carbocycles. The van der Waals surface area contributed by atoms with E-state index in [2.05, 4.69) is 5.32 Å². The van der Waals surface area contributed by atoms with Gasteiger partial charge in [0.15, 0.2) is 0 Å². The van der Waals surface area contributed by atoms with Crippen molar-refractivity contribution in [1.29, 1.82) is 0 Å². The highest BCUT2D eigenvalue weighted by Gasteiger charge is 2.32. The van der Waals surface area contributed by atoms with E-state index in [9.17, 15) is 8.42 Å². The van der Waals surface area contributed by atoms with Crippen molar-refractivity contribution < 1.29 is 8.42 Å². The van der Waals surface area contributed by atoms with E-state index < -0.39 is 10.2 Å². The van der Waals surface area contributed by atoms with Crippen LogP contribution in [0.5, 0.6) is 0 Å². The van der Waals surface area contributed by atoms with Crippen LogP contribution in [0.1, 0.15) is 38.5 Å². The van der Waals surface area contributed by atoms with Gasteiger partial charge in [-0.25, -0.2) is 0 Å². The molecule has 0 aromatic carbocycles. The molecule has 5 nitrogen and oxygen atoms in total. The third-order valence-corrected chi connectivity index (χ3v) is 6.12. The van der Waals surface area contributed by atoms with Crippen molar-refractivity contribution >= 4 is 22.6 Å². The molecule has 0 spiro atoms. The molecule has 1 saturated carbocycles. The van der Waals surface area contributed by atoms with Crippen molar-refractivity contribution in [3.05, 3.63) is 0 Å². The van der Waals surface area contributed by atoms with Crippen LogP contribution in [0.2, 0.25) is 0 Å². The van der Waals surface area contributed by atoms with E-state index >= 15 is 0 Å².